The van der Waals surface area contributed by atoms with E-state index in [9.17, 15) is 9.59 Å². The van der Waals surface area contributed by atoms with Crippen molar-refractivity contribution in [3.05, 3.63) is 105 Å². The minimum absolute atomic E-state index is 0.0118. The number of hydrogen-bond donors (Lipinski definition) is 1. The van der Waals surface area contributed by atoms with Crippen LogP contribution in [0, 0.1) is 0 Å². The summed E-state index contributed by atoms with van der Waals surface area (Å²) in [5, 5.41) is 3.85. The van der Waals surface area contributed by atoms with Gasteiger partial charge in [-0.2, -0.15) is 0 Å². The lowest BCUT2D eigenvalue weighted by atomic mass is 9.88. The monoisotopic (exact) mass is 518 g/mol. The molecule has 0 bridgehead atoms. The van der Waals surface area contributed by atoms with Crippen molar-refractivity contribution < 1.29 is 9.59 Å². The van der Waals surface area contributed by atoms with Crippen molar-refractivity contribution in [1.82, 2.24) is 10.2 Å². The van der Waals surface area contributed by atoms with E-state index < -0.39 is 0 Å². The third-order valence-electron chi connectivity index (χ3n) is 7.18. The molecule has 1 aliphatic carbocycles. The summed E-state index contributed by atoms with van der Waals surface area (Å²) >= 11 is 7.63. The molecule has 1 N–H and O–H groups in total. The Morgan fingerprint density at radius 3 is 2.47 bits per heavy atom. The number of hydrogen-bond acceptors (Lipinski definition) is 3. The highest BCUT2D eigenvalue weighted by Crippen LogP contribution is 2.39. The Labute approximate surface area is 222 Å². The fourth-order valence-electron chi connectivity index (χ4n) is 5.12. The van der Waals surface area contributed by atoms with Gasteiger partial charge in [0, 0.05) is 17.1 Å². The van der Waals surface area contributed by atoms with Gasteiger partial charge in [-0.3, -0.25) is 9.59 Å². The number of fused-ring (bicyclic) bond motifs is 1. The van der Waals surface area contributed by atoms with Gasteiger partial charge in [-0.15, -0.1) is 11.8 Å². The van der Waals surface area contributed by atoms with Crippen LogP contribution in [0.15, 0.2) is 66.7 Å². The summed E-state index contributed by atoms with van der Waals surface area (Å²) in [6.45, 7) is 2.64. The SMILES string of the molecule is CC[C@H](NC(=O)c1ccc([C@@H]2SCC(=O)N2Cc2ccc(Cl)cc2)cc1)c1ccc2c(c1)CCCC2. The molecule has 2 amide bonds. The molecule has 0 saturated carbocycles. The molecule has 186 valence electrons. The molecule has 3 aromatic carbocycles. The zero-order valence-electron chi connectivity index (χ0n) is 20.5. The predicted octanol–water partition coefficient (Wildman–Crippen LogP) is 6.87. The molecule has 3 aromatic rings. The maximum atomic E-state index is 13.1. The zero-order chi connectivity index (χ0) is 25.1. The van der Waals surface area contributed by atoms with Crippen LogP contribution < -0.4 is 5.32 Å². The van der Waals surface area contributed by atoms with Gasteiger partial charge in [0.1, 0.15) is 5.37 Å². The maximum Gasteiger partial charge on any atom is 0.251 e. The van der Waals surface area contributed by atoms with Gasteiger partial charge in [0.25, 0.3) is 5.91 Å². The molecule has 1 heterocycles. The zero-order valence-corrected chi connectivity index (χ0v) is 22.1. The molecule has 1 saturated heterocycles. The quantitative estimate of drug-likeness (QED) is 0.371. The fourth-order valence-corrected chi connectivity index (χ4v) is 6.43. The van der Waals surface area contributed by atoms with Crippen LogP contribution in [0.3, 0.4) is 0 Å². The van der Waals surface area contributed by atoms with Crippen molar-refractivity contribution in [2.45, 2.75) is 57.0 Å². The topological polar surface area (TPSA) is 49.4 Å². The van der Waals surface area contributed by atoms with Crippen molar-refractivity contribution in [2.24, 2.45) is 0 Å². The largest absolute Gasteiger partial charge is 0.345 e. The molecule has 5 rings (SSSR count). The highest BCUT2D eigenvalue weighted by atomic mass is 35.5. The lowest BCUT2D eigenvalue weighted by Gasteiger charge is -2.25. The summed E-state index contributed by atoms with van der Waals surface area (Å²) in [7, 11) is 0. The minimum atomic E-state index is -0.0701. The molecular weight excluding hydrogens is 488 g/mol. The number of aryl methyl sites for hydroxylation is 2. The van der Waals surface area contributed by atoms with Gasteiger partial charge >= 0.3 is 0 Å². The van der Waals surface area contributed by atoms with Crippen LogP contribution in [0.5, 0.6) is 0 Å². The van der Waals surface area contributed by atoms with E-state index in [2.05, 4.69) is 30.4 Å². The van der Waals surface area contributed by atoms with Crippen molar-refractivity contribution in [1.29, 1.82) is 0 Å². The van der Waals surface area contributed by atoms with E-state index in [1.807, 2.05) is 53.4 Å². The van der Waals surface area contributed by atoms with E-state index in [1.54, 1.807) is 11.8 Å². The average molecular weight is 519 g/mol. The van der Waals surface area contributed by atoms with Crippen LogP contribution in [-0.4, -0.2) is 22.5 Å². The molecule has 6 heteroatoms. The first-order chi connectivity index (χ1) is 17.5. The number of nitrogens with one attached hydrogen (secondary N) is 1. The number of nitrogens with zero attached hydrogens (tertiary/aromatic N) is 1. The first kappa shape index (κ1) is 24.9. The number of benzene rings is 3. The fraction of sp³-hybridized carbons (Fsp3) is 0.333. The summed E-state index contributed by atoms with van der Waals surface area (Å²) in [5.41, 5.74) is 6.77. The van der Waals surface area contributed by atoms with Gasteiger partial charge in [0.15, 0.2) is 0 Å². The Hall–Kier alpha value is -2.76. The van der Waals surface area contributed by atoms with Crippen LogP contribution >= 0.6 is 23.4 Å². The van der Waals surface area contributed by atoms with E-state index in [1.165, 1.54) is 29.5 Å². The molecule has 2 aliphatic rings. The second kappa shape index (κ2) is 11.1. The van der Waals surface area contributed by atoms with E-state index in [0.717, 1.165) is 30.4 Å². The molecular formula is C30H31ClN2O2S. The summed E-state index contributed by atoms with van der Waals surface area (Å²) in [5.74, 6) is 0.510. The molecule has 1 aliphatic heterocycles. The predicted molar refractivity (Wildman–Crippen MR) is 147 cm³/mol. The Morgan fingerprint density at radius 2 is 1.75 bits per heavy atom. The number of carbonyl (C=O) groups excluding carboxylic acids is 2. The van der Waals surface area contributed by atoms with Gasteiger partial charge in [-0.25, -0.2) is 0 Å². The molecule has 2 atom stereocenters. The number of amides is 2. The lowest BCUT2D eigenvalue weighted by Crippen LogP contribution is -2.29. The van der Waals surface area contributed by atoms with Gasteiger partial charge in [-0.05, 0) is 84.2 Å². The van der Waals surface area contributed by atoms with Crippen molar-refractivity contribution in [3.8, 4) is 0 Å². The van der Waals surface area contributed by atoms with Crippen molar-refractivity contribution in [3.63, 3.8) is 0 Å². The van der Waals surface area contributed by atoms with Gasteiger partial charge < -0.3 is 10.2 Å². The number of thioether (sulfide) groups is 1. The number of rotatable bonds is 7. The maximum absolute atomic E-state index is 13.1. The smallest absolute Gasteiger partial charge is 0.251 e. The molecule has 4 nitrogen and oxygen atoms in total. The van der Waals surface area contributed by atoms with Crippen LogP contribution in [0.25, 0.3) is 0 Å². The van der Waals surface area contributed by atoms with E-state index >= 15 is 0 Å². The van der Waals surface area contributed by atoms with Crippen LogP contribution in [0.4, 0.5) is 0 Å². The Balaban J connectivity index is 1.27. The summed E-state index contributed by atoms with van der Waals surface area (Å²) in [6.07, 6.45) is 5.64. The third-order valence-corrected chi connectivity index (χ3v) is 8.69. The van der Waals surface area contributed by atoms with Crippen LogP contribution in [0.1, 0.15) is 75.8 Å². The second-order valence-electron chi connectivity index (χ2n) is 9.60. The van der Waals surface area contributed by atoms with E-state index in [0.29, 0.717) is 22.9 Å². The minimum Gasteiger partial charge on any atom is -0.345 e. The first-order valence-corrected chi connectivity index (χ1v) is 14.1. The third kappa shape index (κ3) is 5.47. The van der Waals surface area contributed by atoms with E-state index in [-0.39, 0.29) is 23.2 Å². The summed E-state index contributed by atoms with van der Waals surface area (Å²) in [4.78, 5) is 27.6. The Morgan fingerprint density at radius 1 is 1.03 bits per heavy atom. The van der Waals surface area contributed by atoms with Crippen molar-refractivity contribution in [2.75, 3.05) is 5.75 Å². The van der Waals surface area contributed by atoms with Gasteiger partial charge in [-0.1, -0.05) is 61.0 Å². The standard InChI is InChI=1S/C30H31ClN2O2S/c1-2-27(25-14-9-21-5-3-4-6-24(21)17-25)32-29(35)22-10-12-23(13-11-22)30-33(28(34)19-36-30)18-20-7-15-26(31)16-8-20/h7-17,27,30H,2-6,18-19H2,1H3,(H,32,35)/t27-,30-/m0/s1. The highest BCUT2D eigenvalue weighted by Gasteiger charge is 2.32. The molecule has 0 spiro atoms. The Bertz CT molecular complexity index is 1240. The second-order valence-corrected chi connectivity index (χ2v) is 11.1. The number of carbonyl (C=O) groups is 2. The average Bonchev–Trinajstić information content (AvgIpc) is 3.28. The summed E-state index contributed by atoms with van der Waals surface area (Å²) < 4.78 is 0. The van der Waals surface area contributed by atoms with Crippen molar-refractivity contribution >= 4 is 35.2 Å². The number of halogens is 1. The van der Waals surface area contributed by atoms with Gasteiger partial charge in [0.2, 0.25) is 5.91 Å². The summed E-state index contributed by atoms with van der Waals surface area (Å²) in [6, 6.07) is 22.0. The van der Waals surface area contributed by atoms with Gasteiger partial charge in [0.05, 0.1) is 11.8 Å². The molecule has 0 aromatic heterocycles. The molecule has 0 unspecified atom stereocenters. The molecule has 0 radical (unpaired) electrons. The van der Waals surface area contributed by atoms with E-state index in [4.69, 9.17) is 11.6 Å². The highest BCUT2D eigenvalue weighted by molar-refractivity contribution is 8.00. The molecule has 36 heavy (non-hydrogen) atoms. The van der Waals surface area contributed by atoms with Crippen LogP contribution in [-0.2, 0) is 24.2 Å². The Kier molecular flexibility index (Phi) is 7.68. The lowest BCUT2D eigenvalue weighted by molar-refractivity contribution is -0.128. The normalized spacial score (nSPS) is 18.1. The van der Waals surface area contributed by atoms with Crippen LogP contribution in [0.2, 0.25) is 5.02 Å². The first-order valence-electron chi connectivity index (χ1n) is 12.7. The molecule has 1 fully saturated rings.